The second-order valence-electron chi connectivity index (χ2n) is 1.03. The SMILES string of the molecule is O=C(O)CO.O=[N+]([O-])O.O=[N+]([O-])O. The minimum absolute atomic E-state index is 0.778. The molecule has 0 rings (SSSR count). The Balaban J connectivity index is -0.000000117. The van der Waals surface area contributed by atoms with E-state index >= 15 is 0 Å². The van der Waals surface area contributed by atoms with E-state index in [4.69, 9.17) is 45.7 Å². The second-order valence-corrected chi connectivity index (χ2v) is 1.03. The van der Waals surface area contributed by atoms with E-state index < -0.39 is 22.7 Å². The molecule has 0 unspecified atom stereocenters. The summed E-state index contributed by atoms with van der Waals surface area (Å²) in [6.07, 6.45) is 0. The zero-order valence-corrected chi connectivity index (χ0v) is 5.93. The van der Waals surface area contributed by atoms with Gasteiger partial charge < -0.3 is 20.6 Å². The monoisotopic (exact) mass is 202 g/mol. The van der Waals surface area contributed by atoms with Gasteiger partial charge in [0.1, 0.15) is 6.61 Å². The predicted octanol–water partition coefficient (Wildman–Crippen LogP) is -1.63. The molecule has 0 fully saturated rings. The number of rotatable bonds is 1. The van der Waals surface area contributed by atoms with E-state index in [1.807, 2.05) is 0 Å². The lowest BCUT2D eigenvalue weighted by Gasteiger charge is -1.72. The lowest BCUT2D eigenvalue weighted by atomic mass is 10.8. The van der Waals surface area contributed by atoms with Crippen molar-refractivity contribution in [1.82, 2.24) is 0 Å². The van der Waals surface area contributed by atoms with Gasteiger partial charge in [-0.1, -0.05) is 0 Å². The Morgan fingerprint density at radius 3 is 1.23 bits per heavy atom. The van der Waals surface area contributed by atoms with Gasteiger partial charge in [-0.3, -0.25) is 0 Å². The first-order chi connectivity index (χ1) is 5.73. The minimum Gasteiger partial charge on any atom is -0.480 e. The van der Waals surface area contributed by atoms with Gasteiger partial charge >= 0.3 is 5.97 Å². The van der Waals surface area contributed by atoms with Crippen LogP contribution in [0.15, 0.2) is 0 Å². The van der Waals surface area contributed by atoms with E-state index in [1.165, 1.54) is 0 Å². The molecule has 0 aromatic carbocycles. The first-order valence-corrected chi connectivity index (χ1v) is 2.23. The van der Waals surface area contributed by atoms with E-state index in [-0.39, 0.29) is 0 Å². The molecule has 0 amide bonds. The van der Waals surface area contributed by atoms with Crippen molar-refractivity contribution in [2.75, 3.05) is 6.61 Å². The fourth-order valence-corrected chi connectivity index (χ4v) is 0. The summed E-state index contributed by atoms with van der Waals surface area (Å²) in [5.41, 5.74) is 0. The molecular formula is C2H6N2O9. The van der Waals surface area contributed by atoms with Crippen molar-refractivity contribution in [2.24, 2.45) is 0 Å². The van der Waals surface area contributed by atoms with Crippen LogP contribution in [-0.4, -0.2) is 43.4 Å². The van der Waals surface area contributed by atoms with Gasteiger partial charge in [-0.25, -0.2) is 4.79 Å². The van der Waals surface area contributed by atoms with Crippen molar-refractivity contribution in [3.05, 3.63) is 20.2 Å². The van der Waals surface area contributed by atoms with Crippen LogP contribution >= 0.6 is 0 Å². The van der Waals surface area contributed by atoms with Gasteiger partial charge in [0.15, 0.2) is 0 Å². The van der Waals surface area contributed by atoms with Crippen LogP contribution in [0.1, 0.15) is 0 Å². The number of nitrogens with zero attached hydrogens (tertiary/aromatic N) is 2. The highest BCUT2D eigenvalue weighted by atomic mass is 16.9. The van der Waals surface area contributed by atoms with Crippen molar-refractivity contribution < 1.29 is 35.6 Å². The first-order valence-electron chi connectivity index (χ1n) is 2.23. The first kappa shape index (κ1) is 17.1. The van der Waals surface area contributed by atoms with Crippen molar-refractivity contribution >= 4 is 5.97 Å². The third kappa shape index (κ3) is 20900. The third-order valence-corrected chi connectivity index (χ3v) is 0.135. The van der Waals surface area contributed by atoms with Gasteiger partial charge in [0.05, 0.1) is 0 Å². The molecule has 0 aromatic rings. The number of carboxylic acid groups (broad SMARTS) is 1. The van der Waals surface area contributed by atoms with Crippen LogP contribution in [0.4, 0.5) is 0 Å². The topological polar surface area (TPSA) is 184 Å². The van der Waals surface area contributed by atoms with Gasteiger partial charge in [0, 0.05) is 0 Å². The molecule has 0 spiro atoms. The van der Waals surface area contributed by atoms with Crippen LogP contribution < -0.4 is 0 Å². The Bertz CT molecular complexity index is 145. The number of hydrogen-bond acceptors (Lipinski definition) is 6. The number of aliphatic hydroxyl groups excluding tert-OH is 1. The lowest BCUT2D eigenvalue weighted by molar-refractivity contribution is -0.742. The highest BCUT2D eigenvalue weighted by Gasteiger charge is 1.82. The number of aliphatic carboxylic acids is 1. The molecule has 0 aliphatic carbocycles. The molecule has 78 valence electrons. The quantitative estimate of drug-likeness (QED) is 0.286. The standard InChI is InChI=1S/C2H4O3.2HNO3/c3-1-2(4)5;2*2-1(3)4/h3H,1H2,(H,4,5);2*(H,2,3,4). The van der Waals surface area contributed by atoms with E-state index in [2.05, 4.69) is 0 Å². The second kappa shape index (κ2) is 12.5. The molecule has 0 saturated carbocycles. The third-order valence-electron chi connectivity index (χ3n) is 0.135. The highest BCUT2D eigenvalue weighted by molar-refractivity contribution is 5.67. The fraction of sp³-hybridized carbons (Fsp3) is 0.500. The molecule has 0 radical (unpaired) electrons. The molecule has 0 saturated heterocycles. The maximum Gasteiger partial charge on any atom is 0.329 e. The van der Waals surface area contributed by atoms with Crippen LogP contribution in [0.25, 0.3) is 0 Å². The predicted molar refractivity (Wildman–Crippen MR) is 32.3 cm³/mol. The maximum atomic E-state index is 9.12. The average molecular weight is 202 g/mol. The normalized spacial score (nSPS) is 6.54. The number of aliphatic hydroxyl groups is 1. The summed E-state index contributed by atoms with van der Waals surface area (Å²) < 4.78 is 0. The molecule has 0 aliphatic rings. The Hall–Kier alpha value is -2.17. The van der Waals surface area contributed by atoms with Crippen LogP contribution in [0.3, 0.4) is 0 Å². The van der Waals surface area contributed by atoms with Crippen LogP contribution in [0.5, 0.6) is 0 Å². The van der Waals surface area contributed by atoms with E-state index in [9.17, 15) is 0 Å². The van der Waals surface area contributed by atoms with Crippen molar-refractivity contribution in [2.45, 2.75) is 0 Å². The Labute approximate surface area is 69.7 Å². The van der Waals surface area contributed by atoms with Crippen LogP contribution in [-0.2, 0) is 4.79 Å². The molecule has 4 N–H and O–H groups in total. The van der Waals surface area contributed by atoms with Gasteiger partial charge in [0.25, 0.3) is 10.2 Å². The Morgan fingerprint density at radius 2 is 1.23 bits per heavy atom. The van der Waals surface area contributed by atoms with Gasteiger partial charge in [0.2, 0.25) is 0 Å². The van der Waals surface area contributed by atoms with Crippen molar-refractivity contribution in [3.8, 4) is 0 Å². The minimum atomic E-state index is -1.50. The molecule has 0 bridgehead atoms. The molecular weight excluding hydrogens is 196 g/mol. The Kier molecular flexibility index (Phi) is 16.4. The highest BCUT2D eigenvalue weighted by Crippen LogP contribution is 1.48. The summed E-state index contributed by atoms with van der Waals surface area (Å²) in [6.45, 7) is -0.778. The van der Waals surface area contributed by atoms with Gasteiger partial charge in [-0.2, -0.15) is 0 Å². The molecule has 0 atom stereocenters. The molecule has 11 nitrogen and oxygen atoms in total. The van der Waals surface area contributed by atoms with E-state index in [0.717, 1.165) is 0 Å². The van der Waals surface area contributed by atoms with Crippen LogP contribution in [0.2, 0.25) is 0 Å². The maximum absolute atomic E-state index is 9.12. The zero-order chi connectivity index (χ0) is 11.4. The molecule has 13 heavy (non-hydrogen) atoms. The van der Waals surface area contributed by atoms with E-state index in [0.29, 0.717) is 0 Å². The fourth-order valence-electron chi connectivity index (χ4n) is 0. The number of hydrogen-bond donors (Lipinski definition) is 4. The smallest absolute Gasteiger partial charge is 0.329 e. The molecule has 11 heteroatoms. The average Bonchev–Trinajstić information content (AvgIpc) is 1.84. The lowest BCUT2D eigenvalue weighted by Crippen LogP contribution is -1.98. The number of carboxylic acids is 1. The summed E-state index contributed by atoms with van der Waals surface area (Å²) in [5.74, 6) is -1.19. The van der Waals surface area contributed by atoms with E-state index in [1.54, 1.807) is 0 Å². The summed E-state index contributed by atoms with van der Waals surface area (Å²) in [5, 5.41) is 42.3. The van der Waals surface area contributed by atoms with Gasteiger partial charge in [-0.05, 0) is 0 Å². The van der Waals surface area contributed by atoms with Crippen molar-refractivity contribution in [3.63, 3.8) is 0 Å². The van der Waals surface area contributed by atoms with Gasteiger partial charge in [-0.15, -0.1) is 20.2 Å². The van der Waals surface area contributed by atoms with Crippen molar-refractivity contribution in [1.29, 1.82) is 0 Å². The largest absolute Gasteiger partial charge is 0.480 e. The summed E-state index contributed by atoms with van der Waals surface area (Å²) >= 11 is 0. The number of carbonyl (C=O) groups is 1. The molecule has 0 aliphatic heterocycles. The molecule has 0 heterocycles. The summed E-state index contributed by atoms with van der Waals surface area (Å²) in [6, 6.07) is 0. The summed E-state index contributed by atoms with van der Waals surface area (Å²) in [7, 11) is 0. The summed E-state index contributed by atoms with van der Waals surface area (Å²) in [4.78, 5) is 25.8. The Morgan fingerprint density at radius 1 is 1.15 bits per heavy atom. The molecule has 0 aromatic heterocycles. The van der Waals surface area contributed by atoms with Crippen LogP contribution in [0, 0.1) is 20.2 Å². The zero-order valence-electron chi connectivity index (χ0n) is 5.93.